The van der Waals surface area contributed by atoms with Crippen LogP contribution in [0.2, 0.25) is 0 Å². The summed E-state index contributed by atoms with van der Waals surface area (Å²) in [6.45, 7) is 2.39. The highest BCUT2D eigenvalue weighted by Gasteiger charge is 2.29. The molecule has 8 heteroatoms. The third-order valence-corrected chi connectivity index (χ3v) is 5.22. The molecule has 6 nitrogen and oxygen atoms in total. The van der Waals surface area contributed by atoms with Gasteiger partial charge in [0.25, 0.3) is 0 Å². The Morgan fingerprint density at radius 3 is 2.84 bits per heavy atom. The molecule has 0 saturated carbocycles. The number of esters is 1. The Balaban J connectivity index is 1.77. The zero-order chi connectivity index (χ0) is 18.1. The van der Waals surface area contributed by atoms with Gasteiger partial charge >= 0.3 is 5.97 Å². The van der Waals surface area contributed by atoms with Crippen molar-refractivity contribution >= 4 is 41.3 Å². The lowest BCUT2D eigenvalue weighted by Gasteiger charge is -2.16. The molecule has 1 aromatic rings. The molecule has 1 N–H and O–H groups in total. The van der Waals surface area contributed by atoms with Crippen molar-refractivity contribution in [1.29, 1.82) is 0 Å². The van der Waals surface area contributed by atoms with E-state index in [9.17, 15) is 14.4 Å². The smallest absolute Gasteiger partial charge is 0.333 e. The topological polar surface area (TPSA) is 75.7 Å². The number of ether oxygens (including phenoxy) is 1. The summed E-state index contributed by atoms with van der Waals surface area (Å²) >= 11 is 2.88. The van der Waals surface area contributed by atoms with E-state index in [1.54, 1.807) is 18.7 Å². The largest absolute Gasteiger partial charge is 0.463 e. The molecule has 1 aliphatic rings. The zero-order valence-corrected chi connectivity index (χ0v) is 15.5. The molecule has 0 atom stereocenters. The standard InChI is InChI=1S/C17H20N2O4S2/c1-2-23-17(22)10-16-19(15(21)12-25-16)11-14(20)18-8-9-24-13-6-4-3-5-7-13/h3-7,10H,2,8-9,11-12H2,1H3,(H,18,20)/b16-10+. The lowest BCUT2D eigenvalue weighted by Crippen LogP contribution is -2.38. The molecule has 1 saturated heterocycles. The van der Waals surface area contributed by atoms with E-state index in [2.05, 4.69) is 5.32 Å². The number of carbonyl (C=O) groups is 3. The summed E-state index contributed by atoms with van der Waals surface area (Å²) in [5.74, 6) is 0.0183. The van der Waals surface area contributed by atoms with Gasteiger partial charge in [0.05, 0.1) is 23.5 Å². The fourth-order valence-electron chi connectivity index (χ4n) is 2.06. The van der Waals surface area contributed by atoms with Crippen LogP contribution in [0, 0.1) is 0 Å². The van der Waals surface area contributed by atoms with Crippen LogP contribution in [0.1, 0.15) is 6.92 Å². The number of nitrogens with zero attached hydrogens (tertiary/aromatic N) is 1. The molecule has 1 heterocycles. The molecule has 1 aliphatic heterocycles. The van der Waals surface area contributed by atoms with Crippen molar-refractivity contribution in [3.05, 3.63) is 41.4 Å². The second-order valence-corrected chi connectivity index (χ2v) is 7.18. The summed E-state index contributed by atoms with van der Waals surface area (Å²) in [7, 11) is 0. The van der Waals surface area contributed by atoms with Gasteiger partial charge in [0.1, 0.15) is 6.54 Å². The molecular weight excluding hydrogens is 360 g/mol. The normalized spacial score (nSPS) is 15.5. The van der Waals surface area contributed by atoms with E-state index >= 15 is 0 Å². The van der Waals surface area contributed by atoms with E-state index in [4.69, 9.17) is 4.74 Å². The van der Waals surface area contributed by atoms with Crippen LogP contribution in [-0.4, -0.2) is 53.9 Å². The molecule has 25 heavy (non-hydrogen) atoms. The Bertz CT molecular complexity index is 649. The van der Waals surface area contributed by atoms with E-state index in [0.717, 1.165) is 10.6 Å². The zero-order valence-electron chi connectivity index (χ0n) is 13.9. The van der Waals surface area contributed by atoms with Crippen molar-refractivity contribution in [1.82, 2.24) is 10.2 Å². The van der Waals surface area contributed by atoms with Gasteiger partial charge in [0.2, 0.25) is 11.8 Å². The van der Waals surface area contributed by atoms with Gasteiger partial charge in [-0.15, -0.1) is 11.8 Å². The molecule has 0 aromatic heterocycles. The maximum Gasteiger partial charge on any atom is 0.333 e. The molecule has 0 unspecified atom stereocenters. The quantitative estimate of drug-likeness (QED) is 0.321. The van der Waals surface area contributed by atoms with Gasteiger partial charge < -0.3 is 10.1 Å². The molecule has 134 valence electrons. The fraction of sp³-hybridized carbons (Fsp3) is 0.353. The molecule has 0 bridgehead atoms. The summed E-state index contributed by atoms with van der Waals surface area (Å²) in [5.41, 5.74) is 0. The van der Waals surface area contributed by atoms with E-state index in [1.165, 1.54) is 22.7 Å². The van der Waals surface area contributed by atoms with E-state index < -0.39 is 5.97 Å². The van der Waals surface area contributed by atoms with Crippen LogP contribution in [0.15, 0.2) is 46.3 Å². The van der Waals surface area contributed by atoms with Crippen molar-refractivity contribution in [2.75, 3.05) is 31.2 Å². The highest BCUT2D eigenvalue weighted by molar-refractivity contribution is 8.04. The van der Waals surface area contributed by atoms with Crippen LogP contribution < -0.4 is 5.32 Å². The van der Waals surface area contributed by atoms with Crippen molar-refractivity contribution in [2.45, 2.75) is 11.8 Å². The van der Waals surface area contributed by atoms with Crippen molar-refractivity contribution in [3.8, 4) is 0 Å². The predicted molar refractivity (Wildman–Crippen MR) is 99.1 cm³/mol. The minimum absolute atomic E-state index is 0.0902. The summed E-state index contributed by atoms with van der Waals surface area (Å²) in [4.78, 5) is 37.9. The molecule has 0 spiro atoms. The minimum atomic E-state index is -0.510. The fourth-order valence-corrected chi connectivity index (χ4v) is 3.78. The van der Waals surface area contributed by atoms with E-state index in [0.29, 0.717) is 11.6 Å². The Kier molecular flexibility index (Phi) is 7.87. The Hall–Kier alpha value is -1.93. The molecule has 0 aliphatic carbocycles. The Morgan fingerprint density at radius 1 is 1.36 bits per heavy atom. The lowest BCUT2D eigenvalue weighted by atomic mass is 10.4. The average molecular weight is 380 g/mol. The van der Waals surface area contributed by atoms with Gasteiger partial charge in [-0.2, -0.15) is 0 Å². The number of hydrogen-bond donors (Lipinski definition) is 1. The summed E-state index contributed by atoms with van der Waals surface area (Å²) < 4.78 is 4.84. The maximum absolute atomic E-state index is 12.0. The lowest BCUT2D eigenvalue weighted by molar-refractivity contribution is -0.137. The highest BCUT2D eigenvalue weighted by atomic mass is 32.2. The first-order chi connectivity index (χ1) is 12.1. The van der Waals surface area contributed by atoms with Crippen molar-refractivity contribution in [3.63, 3.8) is 0 Å². The van der Waals surface area contributed by atoms with Gasteiger partial charge in [-0.05, 0) is 19.1 Å². The predicted octanol–water partition coefficient (Wildman–Crippen LogP) is 1.87. The highest BCUT2D eigenvalue weighted by Crippen LogP contribution is 2.28. The Labute approximate surface area is 155 Å². The second-order valence-electron chi connectivity index (χ2n) is 5.01. The number of thioether (sulfide) groups is 2. The van der Waals surface area contributed by atoms with Crippen LogP contribution in [-0.2, 0) is 19.1 Å². The van der Waals surface area contributed by atoms with Gasteiger partial charge in [0, 0.05) is 17.2 Å². The summed E-state index contributed by atoms with van der Waals surface area (Å²) in [5, 5.41) is 3.25. The molecule has 0 radical (unpaired) electrons. The van der Waals surface area contributed by atoms with Gasteiger partial charge in [0.15, 0.2) is 0 Å². The third-order valence-electron chi connectivity index (χ3n) is 3.18. The first kappa shape index (κ1) is 19.4. The number of amides is 2. The average Bonchev–Trinajstić information content (AvgIpc) is 2.93. The number of hydrogen-bond acceptors (Lipinski definition) is 6. The minimum Gasteiger partial charge on any atom is -0.463 e. The maximum atomic E-state index is 12.0. The molecular formula is C17H20N2O4S2. The first-order valence-corrected chi connectivity index (χ1v) is 9.83. The van der Waals surface area contributed by atoms with Crippen molar-refractivity contribution < 1.29 is 19.1 Å². The number of benzene rings is 1. The van der Waals surface area contributed by atoms with Crippen LogP contribution in [0.5, 0.6) is 0 Å². The van der Waals surface area contributed by atoms with Crippen LogP contribution in [0.3, 0.4) is 0 Å². The monoisotopic (exact) mass is 380 g/mol. The number of nitrogens with one attached hydrogen (secondary N) is 1. The van der Waals surface area contributed by atoms with Crippen molar-refractivity contribution in [2.24, 2.45) is 0 Å². The van der Waals surface area contributed by atoms with Gasteiger partial charge in [-0.3, -0.25) is 14.5 Å². The van der Waals surface area contributed by atoms with E-state index in [1.807, 2.05) is 30.3 Å². The molecule has 1 aromatic carbocycles. The Morgan fingerprint density at radius 2 is 2.12 bits per heavy atom. The van der Waals surface area contributed by atoms with Crippen LogP contribution in [0.4, 0.5) is 0 Å². The number of rotatable bonds is 8. The second kappa shape index (κ2) is 10.1. The van der Waals surface area contributed by atoms with Gasteiger partial charge in [-0.25, -0.2) is 4.79 Å². The molecule has 1 fully saturated rings. The van der Waals surface area contributed by atoms with Gasteiger partial charge in [-0.1, -0.05) is 30.0 Å². The molecule has 2 rings (SSSR count). The van der Waals surface area contributed by atoms with Crippen LogP contribution >= 0.6 is 23.5 Å². The first-order valence-electron chi connectivity index (χ1n) is 7.86. The van der Waals surface area contributed by atoms with E-state index in [-0.39, 0.29) is 30.7 Å². The van der Waals surface area contributed by atoms with Crippen LogP contribution in [0.25, 0.3) is 0 Å². The summed E-state index contributed by atoms with van der Waals surface area (Å²) in [6, 6.07) is 9.92. The SMILES string of the molecule is CCOC(=O)/C=C1/SCC(=O)N1CC(=O)NCCSc1ccccc1. The molecule has 2 amide bonds. The third kappa shape index (κ3) is 6.47. The summed E-state index contributed by atoms with van der Waals surface area (Å²) in [6.07, 6.45) is 1.26. The number of carbonyl (C=O) groups excluding carboxylic acids is 3.